The molecule has 0 spiro atoms. The van der Waals surface area contributed by atoms with Crippen molar-refractivity contribution >= 4 is 11.7 Å². The summed E-state index contributed by atoms with van der Waals surface area (Å²) in [7, 11) is 0. The van der Waals surface area contributed by atoms with Gasteiger partial charge in [-0.2, -0.15) is 5.10 Å². The fourth-order valence-corrected chi connectivity index (χ4v) is 2.66. The minimum absolute atomic E-state index is 0.0224. The van der Waals surface area contributed by atoms with Gasteiger partial charge in [0.05, 0.1) is 11.3 Å². The summed E-state index contributed by atoms with van der Waals surface area (Å²) in [6.45, 7) is 7.16. The highest BCUT2D eigenvalue weighted by molar-refractivity contribution is 6.03. The zero-order chi connectivity index (χ0) is 20.4. The van der Waals surface area contributed by atoms with Crippen molar-refractivity contribution in [3.63, 3.8) is 0 Å². The highest BCUT2D eigenvalue weighted by atomic mass is 19.1. The van der Waals surface area contributed by atoms with Crippen LogP contribution >= 0.6 is 0 Å². The zero-order valence-electron chi connectivity index (χ0n) is 15.9. The Bertz CT molecular complexity index is 1010. The number of rotatable bonds is 6. The minimum atomic E-state index is -0.837. The second-order valence-electron chi connectivity index (χ2n) is 6.59. The largest absolute Gasteiger partial charge is 0.486 e. The summed E-state index contributed by atoms with van der Waals surface area (Å²) in [5, 5.41) is 10.9. The molecule has 0 fully saturated rings. The smallest absolute Gasteiger partial charge is 0.279 e. The van der Waals surface area contributed by atoms with E-state index in [1.807, 2.05) is 20.8 Å². The number of carbonyl (C=O) groups is 1. The van der Waals surface area contributed by atoms with Crippen molar-refractivity contribution in [2.75, 3.05) is 5.32 Å². The molecule has 28 heavy (non-hydrogen) atoms. The van der Waals surface area contributed by atoms with Crippen molar-refractivity contribution in [3.05, 3.63) is 58.6 Å². The number of hydrogen-bond acceptors (Lipinski definition) is 5. The fraction of sp³-hybridized carbons (Fsp3) is 0.316. The first-order valence-electron chi connectivity index (χ1n) is 8.66. The second-order valence-corrected chi connectivity index (χ2v) is 6.59. The third-order valence-electron chi connectivity index (χ3n) is 4.05. The van der Waals surface area contributed by atoms with E-state index in [-0.39, 0.29) is 24.1 Å². The summed E-state index contributed by atoms with van der Waals surface area (Å²) in [6, 6.07) is 4.78. The lowest BCUT2D eigenvalue weighted by molar-refractivity contribution is 0.101. The van der Waals surface area contributed by atoms with Crippen LogP contribution in [0.1, 0.15) is 47.4 Å². The van der Waals surface area contributed by atoms with Crippen LogP contribution in [0, 0.1) is 25.5 Å². The number of benzene rings is 1. The van der Waals surface area contributed by atoms with E-state index in [4.69, 9.17) is 9.26 Å². The zero-order valence-corrected chi connectivity index (χ0v) is 15.9. The van der Waals surface area contributed by atoms with Gasteiger partial charge in [0.1, 0.15) is 24.0 Å². The molecule has 2 heterocycles. The standard InChI is InChI=1S/C19H20F2N4O3/c1-10(2)25-17(7-11(3)23-25)22-19(26)18-14(12(4)28-24-18)9-27-16-6-5-13(20)8-15(16)21/h5-8,10H,9H2,1-4H3,(H,22,26). The van der Waals surface area contributed by atoms with Crippen LogP contribution in [0.2, 0.25) is 0 Å². The lowest BCUT2D eigenvalue weighted by Crippen LogP contribution is -2.19. The molecule has 1 amide bonds. The molecule has 9 heteroatoms. The predicted octanol–water partition coefficient (Wildman–Crippen LogP) is 4.18. The first-order chi connectivity index (χ1) is 13.3. The Hall–Kier alpha value is -3.23. The molecule has 7 nitrogen and oxygen atoms in total. The Morgan fingerprint density at radius 1 is 1.29 bits per heavy atom. The maximum atomic E-state index is 13.8. The molecular formula is C19H20F2N4O3. The van der Waals surface area contributed by atoms with Crippen molar-refractivity contribution in [3.8, 4) is 5.75 Å². The number of anilines is 1. The maximum Gasteiger partial charge on any atom is 0.279 e. The lowest BCUT2D eigenvalue weighted by atomic mass is 10.2. The minimum Gasteiger partial charge on any atom is -0.486 e. The third-order valence-corrected chi connectivity index (χ3v) is 4.05. The molecule has 0 atom stereocenters. The van der Waals surface area contributed by atoms with E-state index in [9.17, 15) is 13.6 Å². The van der Waals surface area contributed by atoms with Crippen LogP contribution in [0.5, 0.6) is 5.75 Å². The van der Waals surface area contributed by atoms with Gasteiger partial charge in [0.2, 0.25) is 0 Å². The first-order valence-corrected chi connectivity index (χ1v) is 8.66. The summed E-state index contributed by atoms with van der Waals surface area (Å²) in [4.78, 5) is 12.7. The van der Waals surface area contributed by atoms with E-state index in [1.165, 1.54) is 6.07 Å². The van der Waals surface area contributed by atoms with Gasteiger partial charge in [0.25, 0.3) is 5.91 Å². The van der Waals surface area contributed by atoms with Crippen molar-refractivity contribution in [1.82, 2.24) is 14.9 Å². The van der Waals surface area contributed by atoms with E-state index in [1.54, 1.807) is 17.7 Å². The number of amides is 1. The number of aromatic nitrogens is 3. The topological polar surface area (TPSA) is 82.2 Å². The number of aryl methyl sites for hydroxylation is 2. The monoisotopic (exact) mass is 390 g/mol. The Morgan fingerprint density at radius 2 is 2.04 bits per heavy atom. The van der Waals surface area contributed by atoms with Gasteiger partial charge < -0.3 is 14.6 Å². The quantitative estimate of drug-likeness (QED) is 0.683. The molecule has 0 radical (unpaired) electrons. The molecule has 0 aliphatic rings. The number of halogens is 2. The van der Waals surface area contributed by atoms with Crippen LogP contribution < -0.4 is 10.1 Å². The number of hydrogen-bond donors (Lipinski definition) is 1. The van der Waals surface area contributed by atoms with Crippen LogP contribution in [0.25, 0.3) is 0 Å². The van der Waals surface area contributed by atoms with Crippen LogP contribution in [0.3, 0.4) is 0 Å². The van der Waals surface area contributed by atoms with Gasteiger partial charge >= 0.3 is 0 Å². The van der Waals surface area contributed by atoms with Gasteiger partial charge in [0, 0.05) is 18.2 Å². The van der Waals surface area contributed by atoms with Crippen molar-refractivity contribution in [2.45, 2.75) is 40.3 Å². The van der Waals surface area contributed by atoms with Gasteiger partial charge in [-0.25, -0.2) is 13.5 Å². The lowest BCUT2D eigenvalue weighted by Gasteiger charge is -2.11. The first kappa shape index (κ1) is 19.5. The van der Waals surface area contributed by atoms with E-state index in [2.05, 4.69) is 15.6 Å². The van der Waals surface area contributed by atoms with E-state index < -0.39 is 17.5 Å². The highest BCUT2D eigenvalue weighted by Crippen LogP contribution is 2.23. The molecule has 1 aromatic carbocycles. The van der Waals surface area contributed by atoms with Crippen LogP contribution in [0.15, 0.2) is 28.8 Å². The number of ether oxygens (including phenoxy) is 1. The summed E-state index contributed by atoms with van der Waals surface area (Å²) < 4.78 is 38.9. The molecule has 0 saturated carbocycles. The van der Waals surface area contributed by atoms with Crippen LogP contribution in [-0.2, 0) is 6.61 Å². The number of nitrogens with one attached hydrogen (secondary N) is 1. The average Bonchev–Trinajstić information content (AvgIpc) is 3.17. The third kappa shape index (κ3) is 4.03. The molecule has 148 valence electrons. The number of carbonyl (C=O) groups excluding carboxylic acids is 1. The van der Waals surface area contributed by atoms with Gasteiger partial charge in [-0.15, -0.1) is 0 Å². The Balaban J connectivity index is 1.79. The normalized spacial score (nSPS) is 11.1. The van der Waals surface area contributed by atoms with Gasteiger partial charge in [-0.3, -0.25) is 4.79 Å². The second kappa shape index (κ2) is 7.79. The molecule has 0 aliphatic carbocycles. The predicted molar refractivity (Wildman–Crippen MR) is 97.2 cm³/mol. The molecule has 0 saturated heterocycles. The average molecular weight is 390 g/mol. The Kier molecular flexibility index (Phi) is 5.43. The Morgan fingerprint density at radius 3 is 2.71 bits per heavy atom. The summed E-state index contributed by atoms with van der Waals surface area (Å²) >= 11 is 0. The molecular weight excluding hydrogens is 370 g/mol. The van der Waals surface area contributed by atoms with Crippen molar-refractivity contribution < 1.29 is 22.8 Å². The van der Waals surface area contributed by atoms with Crippen molar-refractivity contribution in [1.29, 1.82) is 0 Å². The van der Waals surface area contributed by atoms with Crippen molar-refractivity contribution in [2.24, 2.45) is 0 Å². The Labute approximate surface area is 160 Å². The summed E-state index contributed by atoms with van der Waals surface area (Å²) in [6.07, 6.45) is 0. The molecule has 0 unspecified atom stereocenters. The SMILES string of the molecule is Cc1cc(NC(=O)c2noc(C)c2COc2ccc(F)cc2F)n(C(C)C)n1. The fourth-order valence-electron chi connectivity index (χ4n) is 2.66. The van der Waals surface area contributed by atoms with Gasteiger partial charge in [-0.1, -0.05) is 5.16 Å². The molecule has 3 aromatic rings. The van der Waals surface area contributed by atoms with E-state index >= 15 is 0 Å². The maximum absolute atomic E-state index is 13.8. The molecule has 0 bridgehead atoms. The van der Waals surface area contributed by atoms with Crippen LogP contribution in [0.4, 0.5) is 14.6 Å². The molecule has 0 aliphatic heterocycles. The van der Waals surface area contributed by atoms with Gasteiger partial charge in [-0.05, 0) is 39.8 Å². The van der Waals surface area contributed by atoms with Crippen LogP contribution in [-0.4, -0.2) is 20.8 Å². The summed E-state index contributed by atoms with van der Waals surface area (Å²) in [5.74, 6) is -1.30. The molecule has 3 rings (SSSR count). The van der Waals surface area contributed by atoms with E-state index in [0.29, 0.717) is 17.1 Å². The van der Waals surface area contributed by atoms with E-state index in [0.717, 1.165) is 17.8 Å². The number of nitrogens with zero attached hydrogens (tertiary/aromatic N) is 3. The highest BCUT2D eigenvalue weighted by Gasteiger charge is 2.22. The van der Waals surface area contributed by atoms with Gasteiger partial charge in [0.15, 0.2) is 17.3 Å². The molecule has 2 aromatic heterocycles. The molecule has 1 N–H and O–H groups in total. The summed E-state index contributed by atoms with van der Waals surface area (Å²) in [5.41, 5.74) is 1.15.